The van der Waals surface area contributed by atoms with Crippen LogP contribution in [-0.4, -0.2) is 59.9 Å². The zero-order valence-corrected chi connectivity index (χ0v) is 24.4. The third-order valence-corrected chi connectivity index (χ3v) is 8.66. The molecule has 3 rings (SSSR count). The maximum atomic E-state index is 13.0. The molecule has 0 radical (unpaired) electrons. The fraction of sp³-hybridized carbons (Fsp3) is 0.667. The summed E-state index contributed by atoms with van der Waals surface area (Å²) in [6, 6.07) is 0. The van der Waals surface area contributed by atoms with Crippen molar-refractivity contribution < 1.29 is 48.0 Å². The minimum Gasteiger partial charge on any atom is -0.458 e. The van der Waals surface area contributed by atoms with E-state index in [9.17, 15) is 24.3 Å². The van der Waals surface area contributed by atoms with Crippen molar-refractivity contribution in [3.8, 4) is 0 Å². The highest BCUT2D eigenvalue weighted by atomic mass is 16.8. The third-order valence-electron chi connectivity index (χ3n) is 8.66. The Balaban J connectivity index is 2.38. The number of ether oxygens (including phenoxy) is 5. The van der Waals surface area contributed by atoms with Crippen molar-refractivity contribution in [3.05, 3.63) is 36.0 Å². The van der Waals surface area contributed by atoms with Crippen molar-refractivity contribution >= 4 is 23.9 Å². The van der Waals surface area contributed by atoms with Gasteiger partial charge >= 0.3 is 23.9 Å². The Labute approximate surface area is 235 Å². The van der Waals surface area contributed by atoms with Crippen LogP contribution in [0, 0.1) is 22.7 Å². The molecule has 222 valence electrons. The van der Waals surface area contributed by atoms with Gasteiger partial charge in [0.05, 0.1) is 6.10 Å². The third kappa shape index (κ3) is 5.74. The Morgan fingerprint density at radius 3 is 2.25 bits per heavy atom. The Morgan fingerprint density at radius 2 is 1.70 bits per heavy atom. The van der Waals surface area contributed by atoms with Gasteiger partial charge in [-0.1, -0.05) is 45.1 Å². The van der Waals surface area contributed by atoms with Gasteiger partial charge in [-0.3, -0.25) is 23.9 Å². The predicted molar refractivity (Wildman–Crippen MR) is 143 cm³/mol. The van der Waals surface area contributed by atoms with E-state index in [4.69, 9.17) is 23.7 Å². The smallest absolute Gasteiger partial charge is 0.306 e. The van der Waals surface area contributed by atoms with E-state index in [1.807, 2.05) is 33.8 Å². The molecule has 10 nitrogen and oxygen atoms in total. The van der Waals surface area contributed by atoms with Crippen molar-refractivity contribution in [3.63, 3.8) is 0 Å². The lowest BCUT2D eigenvalue weighted by molar-refractivity contribution is -0.279. The summed E-state index contributed by atoms with van der Waals surface area (Å²) >= 11 is 0. The Morgan fingerprint density at radius 1 is 1.07 bits per heavy atom. The summed E-state index contributed by atoms with van der Waals surface area (Å²) in [6.07, 6.45) is 0.822. The molecule has 2 aliphatic carbocycles. The predicted octanol–water partition coefficient (Wildman–Crippen LogP) is 3.91. The largest absolute Gasteiger partial charge is 0.458 e. The number of esters is 4. The molecule has 0 aromatic rings. The van der Waals surface area contributed by atoms with Crippen LogP contribution in [0.1, 0.15) is 74.1 Å². The Kier molecular flexibility index (Phi) is 9.67. The van der Waals surface area contributed by atoms with Gasteiger partial charge in [-0.15, -0.1) is 0 Å². The fourth-order valence-electron chi connectivity index (χ4n) is 6.71. The molecule has 1 spiro atoms. The molecule has 10 heteroatoms. The number of rotatable bonds is 9. The average molecular weight is 563 g/mol. The summed E-state index contributed by atoms with van der Waals surface area (Å²) in [5, 5.41) is 11.1. The number of carbonyl (C=O) groups excluding carboxylic acids is 4. The van der Waals surface area contributed by atoms with E-state index in [-0.39, 0.29) is 18.8 Å². The molecular formula is C30H42O10. The van der Waals surface area contributed by atoms with Crippen LogP contribution in [0.5, 0.6) is 0 Å². The second-order valence-corrected chi connectivity index (χ2v) is 11.3. The Hall–Kier alpha value is -2.98. The zero-order chi connectivity index (χ0) is 30.0. The summed E-state index contributed by atoms with van der Waals surface area (Å²) in [6.45, 7) is 15.2. The summed E-state index contributed by atoms with van der Waals surface area (Å²) in [4.78, 5) is 50.1. The van der Waals surface area contributed by atoms with Crippen molar-refractivity contribution in [2.75, 3.05) is 0 Å². The molecule has 0 aromatic carbocycles. The number of allylic oxidation sites excluding steroid dienone is 3. The van der Waals surface area contributed by atoms with Crippen molar-refractivity contribution in [1.82, 2.24) is 0 Å². The molecule has 1 heterocycles. The van der Waals surface area contributed by atoms with E-state index >= 15 is 0 Å². The van der Waals surface area contributed by atoms with Crippen LogP contribution in [-0.2, 0) is 42.9 Å². The first-order valence-corrected chi connectivity index (χ1v) is 13.8. The van der Waals surface area contributed by atoms with Crippen molar-refractivity contribution in [2.45, 2.75) is 105 Å². The maximum Gasteiger partial charge on any atom is 0.306 e. The van der Waals surface area contributed by atoms with E-state index in [1.165, 1.54) is 26.8 Å². The summed E-state index contributed by atoms with van der Waals surface area (Å²) in [5.41, 5.74) is -0.924. The number of hydrogen-bond acceptors (Lipinski definition) is 10. The van der Waals surface area contributed by atoms with Crippen LogP contribution in [0.25, 0.3) is 0 Å². The first-order valence-electron chi connectivity index (χ1n) is 13.8. The van der Waals surface area contributed by atoms with Gasteiger partial charge in [-0.2, -0.15) is 0 Å². The summed E-state index contributed by atoms with van der Waals surface area (Å²) < 4.78 is 29.4. The minimum atomic E-state index is -1.44. The molecule has 2 fully saturated rings. The average Bonchev–Trinajstić information content (AvgIpc) is 3.14. The molecule has 1 N–H and O–H groups in total. The number of hydrogen-bond donors (Lipinski definition) is 1. The van der Waals surface area contributed by atoms with Crippen molar-refractivity contribution in [2.24, 2.45) is 22.7 Å². The number of aliphatic hydroxyl groups is 1. The Bertz CT molecular complexity index is 1090. The summed E-state index contributed by atoms with van der Waals surface area (Å²) in [5.74, 6) is -3.36. The number of carbonyl (C=O) groups is 4. The first-order chi connectivity index (χ1) is 18.7. The standard InChI is InChI=1S/C30H42O10/c1-9-11-24(35)39-25-17(4)29(8,13-12-16(3)10-2)23-15-21(34)14-22-27(37-19(6)32)40-28(38-20(7)33)30(22,23)26(25)36-18(5)31/h10,12,14,17,21,23,25-28,34H,2,9,11,13,15H2,1,3-8H3/b16-12-/t17-,21+,23+,25-,26+,27+,28-,29+,30-/m1/s1. The molecule has 9 atom stereocenters. The fourth-order valence-corrected chi connectivity index (χ4v) is 6.71. The van der Waals surface area contributed by atoms with E-state index in [0.29, 0.717) is 18.4 Å². The molecule has 0 unspecified atom stereocenters. The number of aliphatic hydroxyl groups excluding tert-OH is 1. The molecule has 3 aliphatic rings. The molecule has 1 saturated heterocycles. The van der Waals surface area contributed by atoms with Crippen LogP contribution in [0.4, 0.5) is 0 Å². The zero-order valence-electron chi connectivity index (χ0n) is 24.4. The quantitative estimate of drug-likeness (QED) is 0.191. The van der Waals surface area contributed by atoms with Gasteiger partial charge in [-0.05, 0) is 43.6 Å². The maximum absolute atomic E-state index is 13.0. The van der Waals surface area contributed by atoms with Gasteiger partial charge in [-0.25, -0.2) is 0 Å². The minimum absolute atomic E-state index is 0.153. The first kappa shape index (κ1) is 31.5. The van der Waals surface area contributed by atoms with Crippen LogP contribution >= 0.6 is 0 Å². The van der Waals surface area contributed by atoms with Crippen molar-refractivity contribution in [1.29, 1.82) is 0 Å². The normalized spacial score (nSPS) is 36.9. The van der Waals surface area contributed by atoms with Gasteiger partial charge in [0, 0.05) is 38.7 Å². The van der Waals surface area contributed by atoms with Gasteiger partial charge in [0.2, 0.25) is 12.6 Å². The highest BCUT2D eigenvalue weighted by Crippen LogP contribution is 2.68. The van der Waals surface area contributed by atoms with Gasteiger partial charge in [0.15, 0.2) is 6.10 Å². The van der Waals surface area contributed by atoms with Crippen LogP contribution < -0.4 is 0 Å². The highest BCUT2D eigenvalue weighted by molar-refractivity contribution is 5.70. The molecule has 0 amide bonds. The SMILES string of the molecule is C=C/C(C)=C\C[C@@]1(C)[C@H](C)[C@@H](OC(=O)CCC)[C@H](OC(C)=O)[C@@]23C(=C[C@H](O)C[C@@H]12)[C@@H](OC(C)=O)O[C@H]3OC(C)=O. The van der Waals surface area contributed by atoms with E-state index in [1.54, 1.807) is 6.08 Å². The van der Waals surface area contributed by atoms with Crippen LogP contribution in [0.2, 0.25) is 0 Å². The molecular weight excluding hydrogens is 520 g/mol. The van der Waals surface area contributed by atoms with Gasteiger partial charge < -0.3 is 24.1 Å². The van der Waals surface area contributed by atoms with Gasteiger partial charge in [0.25, 0.3) is 0 Å². The van der Waals surface area contributed by atoms with Gasteiger partial charge in [0.1, 0.15) is 11.5 Å². The molecule has 0 bridgehead atoms. The van der Waals surface area contributed by atoms with Crippen LogP contribution in [0.15, 0.2) is 36.0 Å². The lowest BCUT2D eigenvalue weighted by Gasteiger charge is -2.62. The van der Waals surface area contributed by atoms with E-state index in [0.717, 1.165) is 5.57 Å². The monoisotopic (exact) mass is 562 g/mol. The lowest BCUT2D eigenvalue weighted by atomic mass is 9.44. The lowest BCUT2D eigenvalue weighted by Crippen LogP contribution is -2.69. The molecule has 0 aromatic heterocycles. The molecule has 1 aliphatic heterocycles. The molecule has 40 heavy (non-hydrogen) atoms. The summed E-state index contributed by atoms with van der Waals surface area (Å²) in [7, 11) is 0. The van der Waals surface area contributed by atoms with Crippen LogP contribution in [0.3, 0.4) is 0 Å². The highest BCUT2D eigenvalue weighted by Gasteiger charge is 2.75. The second kappa shape index (κ2) is 12.3. The molecule has 1 saturated carbocycles. The van der Waals surface area contributed by atoms with E-state index < -0.39 is 71.5 Å². The topological polar surface area (TPSA) is 135 Å². The van der Waals surface area contributed by atoms with E-state index in [2.05, 4.69) is 6.58 Å². The second-order valence-electron chi connectivity index (χ2n) is 11.3.